The third-order valence-electron chi connectivity index (χ3n) is 7.40. The highest BCUT2D eigenvalue weighted by Gasteiger charge is 2.74. The number of ketones is 1. The van der Waals surface area contributed by atoms with Crippen LogP contribution >= 0.6 is 23.2 Å². The molecule has 0 radical (unpaired) electrons. The fourth-order valence-electron chi connectivity index (χ4n) is 5.58. The summed E-state index contributed by atoms with van der Waals surface area (Å²) in [6, 6.07) is -3.06. The summed E-state index contributed by atoms with van der Waals surface area (Å²) in [5.74, 6) is -4.09. The zero-order valence-electron chi connectivity index (χ0n) is 21.9. The van der Waals surface area contributed by atoms with E-state index in [0.29, 0.717) is 6.42 Å². The molecule has 37 heavy (non-hydrogen) atoms. The summed E-state index contributed by atoms with van der Waals surface area (Å²) in [6.45, 7) is 7.14. The van der Waals surface area contributed by atoms with E-state index in [1.807, 2.05) is 0 Å². The van der Waals surface area contributed by atoms with Gasteiger partial charge in [-0.3, -0.25) is 19.2 Å². The van der Waals surface area contributed by atoms with Gasteiger partial charge in [0.25, 0.3) is 5.91 Å². The summed E-state index contributed by atoms with van der Waals surface area (Å²) in [4.78, 5) is 65.3. The van der Waals surface area contributed by atoms with Crippen LogP contribution in [0.2, 0.25) is 0 Å². The van der Waals surface area contributed by atoms with Crippen molar-refractivity contribution in [2.75, 3.05) is 6.54 Å². The third-order valence-corrected chi connectivity index (χ3v) is 8.46. The Bertz CT molecular complexity index is 931. The minimum Gasteiger partial charge on any atom is -0.444 e. The monoisotopic (exact) mass is 560 g/mol. The van der Waals surface area contributed by atoms with E-state index in [-0.39, 0.29) is 24.8 Å². The molecular formula is C25H38Cl2N4O6. The second-order valence-corrected chi connectivity index (χ2v) is 12.8. The van der Waals surface area contributed by atoms with Crippen molar-refractivity contribution in [3.8, 4) is 0 Å². The molecule has 5 atom stereocenters. The Hall–Kier alpha value is -2.07. The smallest absolute Gasteiger partial charge is 0.408 e. The largest absolute Gasteiger partial charge is 0.444 e. The molecule has 0 aromatic carbocycles. The average molecular weight is 562 g/mol. The normalized spacial score (nSPS) is 26.4. The van der Waals surface area contributed by atoms with Gasteiger partial charge in [0, 0.05) is 18.4 Å². The SMILES string of the molecule is CCCC(NC(=O)[C@@H]1C2C(CN1C(=O)[C@@H](NC(=O)OC(C)(C)C)C1CCCCC1)C2(Cl)Cl)C(=O)C(N)=O. The number of primary amides is 1. The number of Topliss-reactive ketones (excluding diaryl/α,β-unsaturated/α-hetero) is 1. The molecule has 3 rings (SSSR count). The maximum absolute atomic E-state index is 13.9. The number of alkyl halides is 2. The van der Waals surface area contributed by atoms with Crippen LogP contribution < -0.4 is 16.4 Å². The Morgan fingerprint density at radius 3 is 2.24 bits per heavy atom. The number of alkyl carbamates (subject to hydrolysis) is 1. The van der Waals surface area contributed by atoms with Crippen molar-refractivity contribution < 1.29 is 28.7 Å². The highest BCUT2D eigenvalue weighted by atomic mass is 35.5. The number of halogens is 2. The topological polar surface area (TPSA) is 148 Å². The number of nitrogens with one attached hydrogen (secondary N) is 2. The number of hydrogen-bond acceptors (Lipinski definition) is 6. The standard InChI is InChI=1S/C25H38Cl2N4O6/c1-5-9-15(19(32)20(28)33)29-21(34)18-16-14(25(16,26)27)12-31(18)22(35)17(13-10-7-6-8-11-13)30-23(36)37-24(2,3)4/h13-18H,5-12H2,1-4H3,(H2,28,33)(H,29,34)(H,30,36)/t14?,15?,16?,17-,18-/m0/s1. The van der Waals surface area contributed by atoms with Crippen LogP contribution in [0.5, 0.6) is 0 Å². The van der Waals surface area contributed by atoms with Crippen molar-refractivity contribution in [1.82, 2.24) is 15.5 Å². The van der Waals surface area contributed by atoms with Gasteiger partial charge in [-0.25, -0.2) is 4.79 Å². The van der Waals surface area contributed by atoms with E-state index in [4.69, 9.17) is 33.7 Å². The number of carbonyl (C=O) groups is 5. The maximum Gasteiger partial charge on any atom is 0.408 e. The Morgan fingerprint density at radius 2 is 1.70 bits per heavy atom. The van der Waals surface area contributed by atoms with Crippen LogP contribution in [0.3, 0.4) is 0 Å². The van der Waals surface area contributed by atoms with Gasteiger partial charge in [-0.2, -0.15) is 0 Å². The number of carbonyl (C=O) groups excluding carboxylic acids is 5. The molecule has 12 heteroatoms. The quantitative estimate of drug-likeness (QED) is 0.291. The van der Waals surface area contributed by atoms with Crippen molar-refractivity contribution in [3.63, 3.8) is 0 Å². The predicted octanol–water partition coefficient (Wildman–Crippen LogP) is 2.43. The number of piperidine rings is 1. The van der Waals surface area contributed by atoms with Crippen molar-refractivity contribution >= 4 is 52.8 Å². The molecule has 0 bridgehead atoms. The van der Waals surface area contributed by atoms with E-state index in [9.17, 15) is 24.0 Å². The molecular weight excluding hydrogens is 523 g/mol. The summed E-state index contributed by atoms with van der Waals surface area (Å²) in [6.07, 6.45) is 4.44. The summed E-state index contributed by atoms with van der Waals surface area (Å²) in [7, 11) is 0. The first-order chi connectivity index (χ1) is 17.2. The minimum atomic E-state index is -1.19. The van der Waals surface area contributed by atoms with E-state index in [1.54, 1.807) is 27.7 Å². The molecule has 4 amide bonds. The number of likely N-dealkylation sites (tertiary alicyclic amines) is 1. The van der Waals surface area contributed by atoms with Gasteiger partial charge in [0.2, 0.25) is 17.6 Å². The molecule has 10 nitrogen and oxygen atoms in total. The first kappa shape index (κ1) is 29.5. The molecule has 3 unspecified atom stereocenters. The number of hydrogen-bond donors (Lipinski definition) is 3. The van der Waals surface area contributed by atoms with Gasteiger partial charge in [-0.15, -0.1) is 23.2 Å². The summed E-state index contributed by atoms with van der Waals surface area (Å²) < 4.78 is 4.23. The van der Waals surface area contributed by atoms with Gasteiger partial charge in [0.15, 0.2) is 0 Å². The Labute approximate surface area is 227 Å². The fraction of sp³-hybridized carbons (Fsp3) is 0.800. The predicted molar refractivity (Wildman–Crippen MR) is 138 cm³/mol. The number of nitrogens with zero attached hydrogens (tertiary/aromatic N) is 1. The summed E-state index contributed by atoms with van der Waals surface area (Å²) in [5, 5.41) is 5.36. The zero-order valence-corrected chi connectivity index (χ0v) is 23.4. The molecule has 3 fully saturated rings. The van der Waals surface area contributed by atoms with Crippen molar-refractivity contribution in [2.45, 2.75) is 101 Å². The maximum atomic E-state index is 13.9. The van der Waals surface area contributed by atoms with Crippen molar-refractivity contribution in [3.05, 3.63) is 0 Å². The van der Waals surface area contributed by atoms with Gasteiger partial charge in [-0.05, 0) is 46.0 Å². The van der Waals surface area contributed by atoms with Crippen LogP contribution in [0, 0.1) is 17.8 Å². The lowest BCUT2D eigenvalue weighted by molar-refractivity contribution is -0.144. The molecule has 3 aliphatic rings. The first-order valence-electron chi connectivity index (χ1n) is 13.0. The number of rotatable bonds is 9. The van der Waals surface area contributed by atoms with Crippen LogP contribution in [-0.4, -0.2) is 69.1 Å². The number of ether oxygens (including phenoxy) is 1. The Kier molecular flexibility index (Phi) is 9.05. The van der Waals surface area contributed by atoms with Crippen LogP contribution in [0.4, 0.5) is 4.79 Å². The molecule has 0 aromatic heterocycles. The fourth-order valence-corrected chi connectivity index (χ4v) is 6.41. The zero-order chi connectivity index (χ0) is 27.7. The van der Waals surface area contributed by atoms with E-state index in [2.05, 4.69) is 10.6 Å². The van der Waals surface area contributed by atoms with Gasteiger partial charge in [0.1, 0.15) is 22.0 Å². The lowest BCUT2D eigenvalue weighted by Gasteiger charge is -2.36. The van der Waals surface area contributed by atoms with Crippen LogP contribution in [0.1, 0.15) is 72.6 Å². The second kappa shape index (κ2) is 11.4. The van der Waals surface area contributed by atoms with Crippen LogP contribution in [0.15, 0.2) is 0 Å². The van der Waals surface area contributed by atoms with Crippen molar-refractivity contribution in [2.24, 2.45) is 23.5 Å². The second-order valence-electron chi connectivity index (χ2n) is 11.3. The first-order valence-corrected chi connectivity index (χ1v) is 13.8. The molecule has 2 aliphatic carbocycles. The molecule has 0 spiro atoms. The van der Waals surface area contributed by atoms with E-state index in [1.165, 1.54) is 4.90 Å². The lowest BCUT2D eigenvalue weighted by Crippen LogP contribution is -2.59. The molecule has 0 aromatic rings. The molecule has 4 N–H and O–H groups in total. The Balaban J connectivity index is 1.85. The summed E-state index contributed by atoms with van der Waals surface area (Å²) in [5.41, 5.74) is 4.41. The molecule has 1 saturated heterocycles. The highest BCUT2D eigenvalue weighted by Crippen LogP contribution is 2.65. The highest BCUT2D eigenvalue weighted by molar-refractivity contribution is 6.51. The number of nitrogens with two attached hydrogens (primary N) is 1. The van der Waals surface area contributed by atoms with Gasteiger partial charge >= 0.3 is 6.09 Å². The third kappa shape index (κ3) is 6.69. The summed E-state index contributed by atoms with van der Waals surface area (Å²) >= 11 is 12.9. The van der Waals surface area contributed by atoms with E-state index < -0.39 is 63.6 Å². The molecule has 1 heterocycles. The van der Waals surface area contributed by atoms with Gasteiger partial charge in [0.05, 0.1) is 6.04 Å². The number of fused-ring (bicyclic) bond motifs is 1. The van der Waals surface area contributed by atoms with Crippen molar-refractivity contribution in [1.29, 1.82) is 0 Å². The molecule has 208 valence electrons. The van der Waals surface area contributed by atoms with Crippen LogP contribution in [-0.2, 0) is 23.9 Å². The van der Waals surface area contributed by atoms with Gasteiger partial charge < -0.3 is 26.0 Å². The van der Waals surface area contributed by atoms with E-state index in [0.717, 1.165) is 32.1 Å². The molecule has 1 aliphatic heterocycles. The van der Waals surface area contributed by atoms with Gasteiger partial charge in [-0.1, -0.05) is 32.6 Å². The van der Waals surface area contributed by atoms with E-state index >= 15 is 0 Å². The number of amides is 4. The van der Waals surface area contributed by atoms with Crippen LogP contribution in [0.25, 0.3) is 0 Å². The Morgan fingerprint density at radius 1 is 1.08 bits per heavy atom. The minimum absolute atomic E-state index is 0.115. The molecule has 2 saturated carbocycles. The lowest BCUT2D eigenvalue weighted by atomic mass is 9.83. The average Bonchev–Trinajstić information content (AvgIpc) is 3.14.